The van der Waals surface area contributed by atoms with Crippen molar-refractivity contribution in [1.82, 2.24) is 5.32 Å². The molecule has 0 amide bonds. The fourth-order valence-corrected chi connectivity index (χ4v) is 2.40. The van der Waals surface area contributed by atoms with E-state index in [1.165, 1.54) is 0 Å². The minimum Gasteiger partial charge on any atom is -0.387 e. The van der Waals surface area contributed by atoms with Gasteiger partial charge in [0.05, 0.1) is 6.10 Å². The lowest BCUT2D eigenvalue weighted by molar-refractivity contribution is 0.103. The molecule has 0 aromatic rings. The van der Waals surface area contributed by atoms with E-state index >= 15 is 0 Å². The van der Waals surface area contributed by atoms with Crippen LogP contribution in [0, 0.1) is 5.41 Å². The van der Waals surface area contributed by atoms with Crippen LogP contribution >= 0.6 is 0 Å². The Balaban J connectivity index is 2.77. The van der Waals surface area contributed by atoms with Gasteiger partial charge in [-0.25, -0.2) is 0 Å². The Morgan fingerprint density at radius 1 is 1.50 bits per heavy atom. The number of hydrogen-bond acceptors (Lipinski definition) is 2. The van der Waals surface area contributed by atoms with Gasteiger partial charge in [0.2, 0.25) is 0 Å². The van der Waals surface area contributed by atoms with Gasteiger partial charge in [0.25, 0.3) is 0 Å². The van der Waals surface area contributed by atoms with Gasteiger partial charge in [-0.3, -0.25) is 0 Å². The molecular formula is C14H25NO. The molecular weight excluding hydrogens is 198 g/mol. The molecule has 0 bridgehead atoms. The first-order chi connectivity index (χ1) is 7.33. The zero-order valence-electron chi connectivity index (χ0n) is 11.0. The first-order valence-corrected chi connectivity index (χ1v) is 6.09. The van der Waals surface area contributed by atoms with Gasteiger partial charge in [-0.05, 0) is 30.8 Å². The van der Waals surface area contributed by atoms with Gasteiger partial charge in [0, 0.05) is 12.1 Å². The molecule has 0 saturated carbocycles. The van der Waals surface area contributed by atoms with Crippen molar-refractivity contribution in [3.63, 3.8) is 0 Å². The molecule has 0 radical (unpaired) electrons. The molecule has 1 aliphatic heterocycles. The molecule has 1 unspecified atom stereocenters. The second-order valence-electron chi connectivity index (χ2n) is 6.07. The molecule has 3 atom stereocenters. The van der Waals surface area contributed by atoms with Gasteiger partial charge in [-0.1, -0.05) is 39.5 Å². The molecule has 92 valence electrons. The molecule has 16 heavy (non-hydrogen) atoms. The van der Waals surface area contributed by atoms with Gasteiger partial charge in [0.15, 0.2) is 0 Å². The van der Waals surface area contributed by atoms with Crippen LogP contribution in [0.25, 0.3) is 0 Å². The van der Waals surface area contributed by atoms with Crippen LogP contribution in [0.3, 0.4) is 0 Å². The van der Waals surface area contributed by atoms with E-state index < -0.39 is 0 Å². The first-order valence-electron chi connectivity index (χ1n) is 6.09. The fraction of sp³-hybridized carbons (Fsp3) is 0.714. The molecule has 2 nitrogen and oxygen atoms in total. The summed E-state index contributed by atoms with van der Waals surface area (Å²) in [5, 5.41) is 13.7. The van der Waals surface area contributed by atoms with Gasteiger partial charge in [0.1, 0.15) is 0 Å². The van der Waals surface area contributed by atoms with E-state index in [0.29, 0.717) is 6.04 Å². The lowest BCUT2D eigenvalue weighted by atomic mass is 9.81. The van der Waals surface area contributed by atoms with E-state index in [2.05, 4.69) is 39.6 Å². The minimum atomic E-state index is -0.367. The van der Waals surface area contributed by atoms with Gasteiger partial charge in [-0.15, -0.1) is 0 Å². The molecule has 1 fully saturated rings. The predicted molar refractivity (Wildman–Crippen MR) is 69.4 cm³/mol. The van der Waals surface area contributed by atoms with E-state index in [1.54, 1.807) is 6.08 Å². The van der Waals surface area contributed by atoms with E-state index in [0.717, 1.165) is 18.4 Å². The van der Waals surface area contributed by atoms with Crippen molar-refractivity contribution in [3.05, 3.63) is 24.3 Å². The summed E-state index contributed by atoms with van der Waals surface area (Å²) in [6.45, 7) is 12.5. The number of hydrogen-bond donors (Lipinski definition) is 2. The Morgan fingerprint density at radius 3 is 2.62 bits per heavy atom. The summed E-state index contributed by atoms with van der Waals surface area (Å²) < 4.78 is 0. The highest BCUT2D eigenvalue weighted by Gasteiger charge is 2.32. The number of aliphatic hydroxyl groups excluding tert-OH is 1. The van der Waals surface area contributed by atoms with Crippen molar-refractivity contribution in [2.45, 2.75) is 58.7 Å². The smallest absolute Gasteiger partial charge is 0.0906 e. The Hall–Kier alpha value is -0.600. The van der Waals surface area contributed by atoms with Crippen LogP contribution in [-0.2, 0) is 0 Å². The Morgan fingerprint density at radius 2 is 2.12 bits per heavy atom. The van der Waals surface area contributed by atoms with Crippen molar-refractivity contribution in [3.8, 4) is 0 Å². The van der Waals surface area contributed by atoms with Crippen LogP contribution in [0.2, 0.25) is 0 Å². The average molecular weight is 223 g/mol. The first kappa shape index (κ1) is 13.5. The standard InChI is InChI=1S/C14H25NO/c1-6-7-11-8-10(2)15-12(13(11)16)9-14(3,4)5/h6-7,10,12-13,15-16H,1,8-9H2,2-5H3/b11-7+/t10?,12-,13+/m1/s1. The normalized spacial score (nSPS) is 34.1. The lowest BCUT2D eigenvalue weighted by Gasteiger charge is -2.38. The molecule has 2 N–H and O–H groups in total. The van der Waals surface area contributed by atoms with Gasteiger partial charge < -0.3 is 10.4 Å². The summed E-state index contributed by atoms with van der Waals surface area (Å²) in [5.41, 5.74) is 1.34. The zero-order valence-corrected chi connectivity index (χ0v) is 11.0. The summed E-state index contributed by atoms with van der Waals surface area (Å²) >= 11 is 0. The monoisotopic (exact) mass is 223 g/mol. The highest BCUT2D eigenvalue weighted by molar-refractivity contribution is 5.21. The van der Waals surface area contributed by atoms with Crippen LogP contribution in [0.15, 0.2) is 24.3 Å². The van der Waals surface area contributed by atoms with Crippen LogP contribution in [-0.4, -0.2) is 23.3 Å². The molecule has 1 saturated heterocycles. The average Bonchev–Trinajstić information content (AvgIpc) is 2.11. The number of rotatable bonds is 2. The Kier molecular flexibility index (Phi) is 4.34. The molecule has 1 rings (SSSR count). The molecule has 0 spiro atoms. The zero-order chi connectivity index (χ0) is 12.3. The van der Waals surface area contributed by atoms with Gasteiger partial charge in [-0.2, -0.15) is 0 Å². The highest BCUT2D eigenvalue weighted by atomic mass is 16.3. The van der Waals surface area contributed by atoms with Crippen molar-refractivity contribution in [2.24, 2.45) is 5.41 Å². The van der Waals surface area contributed by atoms with E-state index in [4.69, 9.17) is 0 Å². The van der Waals surface area contributed by atoms with Crippen molar-refractivity contribution in [2.75, 3.05) is 0 Å². The predicted octanol–water partition coefficient (Wildman–Crippen LogP) is 2.65. The van der Waals surface area contributed by atoms with Crippen molar-refractivity contribution in [1.29, 1.82) is 0 Å². The second kappa shape index (κ2) is 5.15. The quantitative estimate of drug-likeness (QED) is 0.754. The number of aliphatic hydroxyl groups is 1. The molecule has 1 heterocycles. The molecule has 1 aliphatic rings. The van der Waals surface area contributed by atoms with Crippen LogP contribution in [0.5, 0.6) is 0 Å². The van der Waals surface area contributed by atoms with Crippen LogP contribution in [0.1, 0.15) is 40.5 Å². The third kappa shape index (κ3) is 3.76. The summed E-state index contributed by atoms with van der Waals surface area (Å²) in [6, 6.07) is 0.594. The lowest BCUT2D eigenvalue weighted by Crippen LogP contribution is -2.51. The van der Waals surface area contributed by atoms with E-state index in [1.807, 2.05) is 6.08 Å². The van der Waals surface area contributed by atoms with Crippen molar-refractivity contribution >= 4 is 0 Å². The molecule has 0 aliphatic carbocycles. The summed E-state index contributed by atoms with van der Waals surface area (Å²) in [5.74, 6) is 0. The fourth-order valence-electron chi connectivity index (χ4n) is 2.40. The maximum Gasteiger partial charge on any atom is 0.0906 e. The number of piperidine rings is 1. The third-order valence-electron chi connectivity index (χ3n) is 2.97. The maximum atomic E-state index is 10.3. The Labute approximate surface area is 99.4 Å². The summed E-state index contributed by atoms with van der Waals surface area (Å²) in [6.07, 6.45) is 5.25. The maximum absolute atomic E-state index is 10.3. The van der Waals surface area contributed by atoms with Gasteiger partial charge >= 0.3 is 0 Å². The van der Waals surface area contributed by atoms with E-state index in [-0.39, 0.29) is 17.6 Å². The highest BCUT2D eigenvalue weighted by Crippen LogP contribution is 2.28. The molecule has 2 heteroatoms. The number of nitrogens with one attached hydrogen (secondary N) is 1. The van der Waals surface area contributed by atoms with Crippen LogP contribution in [0.4, 0.5) is 0 Å². The molecule has 0 aromatic heterocycles. The SMILES string of the molecule is C=C/C=C1\CC(C)N[C@H](CC(C)(C)C)[C@H]1O. The minimum absolute atomic E-state index is 0.162. The van der Waals surface area contributed by atoms with E-state index in [9.17, 15) is 5.11 Å². The Bertz CT molecular complexity index is 275. The largest absolute Gasteiger partial charge is 0.387 e. The third-order valence-corrected chi connectivity index (χ3v) is 2.97. The molecule has 0 aromatic carbocycles. The summed E-state index contributed by atoms with van der Waals surface area (Å²) in [7, 11) is 0. The summed E-state index contributed by atoms with van der Waals surface area (Å²) in [4.78, 5) is 0. The second-order valence-corrected chi connectivity index (χ2v) is 6.07. The van der Waals surface area contributed by atoms with Crippen LogP contribution < -0.4 is 5.32 Å². The number of allylic oxidation sites excluding steroid dienone is 2. The topological polar surface area (TPSA) is 32.3 Å². The van der Waals surface area contributed by atoms with Crippen molar-refractivity contribution < 1.29 is 5.11 Å².